The predicted octanol–water partition coefficient (Wildman–Crippen LogP) is 1.08. The normalized spacial score (nSPS) is 14.9. The Balaban J connectivity index is 1.58. The minimum atomic E-state index is 0.159. The number of pyridine rings is 1. The largest absolute Gasteiger partial charge is 0.352 e. The van der Waals surface area contributed by atoms with Crippen LogP contribution in [0.5, 0.6) is 0 Å². The molecule has 0 saturated heterocycles. The van der Waals surface area contributed by atoms with Gasteiger partial charge < -0.3 is 5.32 Å². The third-order valence-corrected chi connectivity index (χ3v) is 3.41. The monoisotopic (exact) mass is 257 g/mol. The van der Waals surface area contributed by atoms with Crippen molar-refractivity contribution < 1.29 is 4.79 Å². The fourth-order valence-corrected chi connectivity index (χ4v) is 1.99. The number of rotatable bonds is 4. The van der Waals surface area contributed by atoms with Crippen LogP contribution in [0, 0.1) is 5.92 Å². The van der Waals surface area contributed by atoms with E-state index in [0.717, 1.165) is 18.4 Å². The average molecular weight is 257 g/mol. The number of carbonyl (C=O) groups excluding carboxylic acids is 1. The topological polar surface area (TPSA) is 72.7 Å². The summed E-state index contributed by atoms with van der Waals surface area (Å²) in [6, 6.07) is 3.80. The fraction of sp³-hybridized carbons (Fsp3) is 0.385. The van der Waals surface area contributed by atoms with Gasteiger partial charge in [0.1, 0.15) is 12.7 Å². The number of carbonyl (C=O) groups is 1. The van der Waals surface area contributed by atoms with Crippen molar-refractivity contribution in [1.29, 1.82) is 0 Å². The van der Waals surface area contributed by atoms with Crippen molar-refractivity contribution in [3.63, 3.8) is 0 Å². The van der Waals surface area contributed by atoms with Crippen molar-refractivity contribution in [2.75, 3.05) is 0 Å². The van der Waals surface area contributed by atoms with E-state index in [1.807, 2.05) is 12.1 Å². The maximum atomic E-state index is 11.7. The van der Waals surface area contributed by atoms with E-state index < -0.39 is 0 Å². The van der Waals surface area contributed by atoms with Crippen LogP contribution in [0.25, 0.3) is 5.82 Å². The number of hydrogen-bond acceptors (Lipinski definition) is 4. The Hall–Kier alpha value is -2.24. The van der Waals surface area contributed by atoms with Gasteiger partial charge in [-0.05, 0) is 24.5 Å². The zero-order valence-electron chi connectivity index (χ0n) is 10.5. The molecular formula is C13H15N5O. The second-order valence-corrected chi connectivity index (χ2v) is 4.71. The Kier molecular flexibility index (Phi) is 3.22. The van der Waals surface area contributed by atoms with Gasteiger partial charge in [0.25, 0.3) is 0 Å². The first kappa shape index (κ1) is 11.8. The number of hydrogen-bond donors (Lipinski definition) is 1. The summed E-state index contributed by atoms with van der Waals surface area (Å²) in [7, 11) is 0. The van der Waals surface area contributed by atoms with Crippen LogP contribution < -0.4 is 5.32 Å². The first-order valence-electron chi connectivity index (χ1n) is 6.40. The SMILES string of the molecule is O=C(NCc1ccc(-n2cncn2)nc1)C1CCC1. The molecule has 2 aromatic rings. The summed E-state index contributed by atoms with van der Waals surface area (Å²) < 4.78 is 1.59. The van der Waals surface area contributed by atoms with Crippen molar-refractivity contribution in [3.05, 3.63) is 36.5 Å². The summed E-state index contributed by atoms with van der Waals surface area (Å²) in [5.41, 5.74) is 0.983. The van der Waals surface area contributed by atoms with Crippen molar-refractivity contribution >= 4 is 5.91 Å². The number of amides is 1. The van der Waals surface area contributed by atoms with Crippen molar-refractivity contribution in [1.82, 2.24) is 25.1 Å². The van der Waals surface area contributed by atoms with E-state index in [9.17, 15) is 4.79 Å². The van der Waals surface area contributed by atoms with Crippen LogP contribution in [0.2, 0.25) is 0 Å². The Morgan fingerprint density at radius 2 is 2.32 bits per heavy atom. The van der Waals surface area contributed by atoms with Gasteiger partial charge in [0.05, 0.1) is 0 Å². The van der Waals surface area contributed by atoms with Crippen LogP contribution >= 0.6 is 0 Å². The maximum absolute atomic E-state index is 11.7. The molecule has 1 aliphatic rings. The molecule has 0 radical (unpaired) electrons. The second kappa shape index (κ2) is 5.17. The van der Waals surface area contributed by atoms with E-state index in [-0.39, 0.29) is 11.8 Å². The molecule has 19 heavy (non-hydrogen) atoms. The Bertz CT molecular complexity index is 545. The van der Waals surface area contributed by atoms with E-state index in [1.54, 1.807) is 17.2 Å². The summed E-state index contributed by atoms with van der Waals surface area (Å²) in [4.78, 5) is 19.9. The number of nitrogens with zero attached hydrogens (tertiary/aromatic N) is 4. The lowest BCUT2D eigenvalue weighted by Crippen LogP contribution is -2.33. The Morgan fingerprint density at radius 3 is 2.89 bits per heavy atom. The lowest BCUT2D eigenvalue weighted by molar-refractivity contribution is -0.127. The quantitative estimate of drug-likeness (QED) is 0.889. The van der Waals surface area contributed by atoms with Crippen molar-refractivity contribution in [2.24, 2.45) is 5.92 Å². The van der Waals surface area contributed by atoms with Gasteiger partial charge in [0, 0.05) is 18.7 Å². The molecular weight excluding hydrogens is 242 g/mol. The van der Waals surface area contributed by atoms with Crippen LogP contribution in [-0.4, -0.2) is 25.7 Å². The van der Waals surface area contributed by atoms with Crippen LogP contribution in [0.3, 0.4) is 0 Å². The highest BCUT2D eigenvalue weighted by atomic mass is 16.1. The van der Waals surface area contributed by atoms with Gasteiger partial charge in [-0.1, -0.05) is 12.5 Å². The zero-order valence-corrected chi connectivity index (χ0v) is 10.5. The third-order valence-electron chi connectivity index (χ3n) is 3.41. The van der Waals surface area contributed by atoms with Crippen molar-refractivity contribution in [3.8, 4) is 5.82 Å². The van der Waals surface area contributed by atoms with Gasteiger partial charge in [-0.15, -0.1) is 0 Å². The molecule has 0 bridgehead atoms. The van der Waals surface area contributed by atoms with E-state index in [4.69, 9.17) is 0 Å². The van der Waals surface area contributed by atoms with Gasteiger partial charge in [0.2, 0.25) is 5.91 Å². The molecule has 0 aliphatic heterocycles. The minimum absolute atomic E-state index is 0.159. The second-order valence-electron chi connectivity index (χ2n) is 4.71. The Labute approximate surface area is 110 Å². The maximum Gasteiger partial charge on any atom is 0.223 e. The van der Waals surface area contributed by atoms with Crippen molar-refractivity contribution in [2.45, 2.75) is 25.8 Å². The van der Waals surface area contributed by atoms with Crippen LogP contribution in [0.1, 0.15) is 24.8 Å². The van der Waals surface area contributed by atoms with E-state index in [2.05, 4.69) is 20.4 Å². The molecule has 3 rings (SSSR count). The molecule has 98 valence electrons. The average Bonchev–Trinajstić information content (AvgIpc) is 2.89. The third kappa shape index (κ3) is 2.62. The highest BCUT2D eigenvalue weighted by Crippen LogP contribution is 2.26. The first-order valence-corrected chi connectivity index (χ1v) is 6.40. The molecule has 6 heteroatoms. The molecule has 1 fully saturated rings. The van der Waals surface area contributed by atoms with Crippen LogP contribution in [0.4, 0.5) is 0 Å². The molecule has 2 heterocycles. The van der Waals surface area contributed by atoms with Crippen LogP contribution in [0.15, 0.2) is 31.0 Å². The predicted molar refractivity (Wildman–Crippen MR) is 68.3 cm³/mol. The molecule has 1 amide bonds. The summed E-state index contributed by atoms with van der Waals surface area (Å²) in [5.74, 6) is 1.10. The molecule has 0 aromatic carbocycles. The van der Waals surface area contributed by atoms with E-state index in [0.29, 0.717) is 12.4 Å². The van der Waals surface area contributed by atoms with Gasteiger partial charge in [-0.2, -0.15) is 5.10 Å². The molecule has 0 spiro atoms. The molecule has 0 unspecified atom stereocenters. The molecule has 1 N–H and O–H groups in total. The van der Waals surface area contributed by atoms with E-state index in [1.165, 1.54) is 12.7 Å². The molecule has 1 saturated carbocycles. The standard InChI is InChI=1S/C13H15N5O/c19-13(11-2-1-3-11)16-7-10-4-5-12(15-6-10)18-9-14-8-17-18/h4-6,8-9,11H,1-3,7H2,(H,16,19). The van der Waals surface area contributed by atoms with Gasteiger partial charge in [-0.25, -0.2) is 14.6 Å². The lowest BCUT2D eigenvalue weighted by Gasteiger charge is -2.23. The zero-order chi connectivity index (χ0) is 13.1. The summed E-state index contributed by atoms with van der Waals surface area (Å²) in [5, 5.41) is 6.95. The number of aromatic nitrogens is 4. The molecule has 2 aromatic heterocycles. The van der Waals surface area contributed by atoms with Gasteiger partial charge in [0.15, 0.2) is 5.82 Å². The number of nitrogens with one attached hydrogen (secondary N) is 1. The summed E-state index contributed by atoms with van der Waals surface area (Å²) in [6.07, 6.45) is 8.03. The highest BCUT2D eigenvalue weighted by Gasteiger charge is 2.24. The fourth-order valence-electron chi connectivity index (χ4n) is 1.99. The van der Waals surface area contributed by atoms with E-state index >= 15 is 0 Å². The van der Waals surface area contributed by atoms with Gasteiger partial charge in [-0.3, -0.25) is 4.79 Å². The summed E-state index contributed by atoms with van der Waals surface area (Å²) in [6.45, 7) is 0.528. The van der Waals surface area contributed by atoms with Crippen LogP contribution in [-0.2, 0) is 11.3 Å². The minimum Gasteiger partial charge on any atom is -0.352 e. The smallest absolute Gasteiger partial charge is 0.223 e. The lowest BCUT2D eigenvalue weighted by atomic mass is 9.85. The Morgan fingerprint density at radius 1 is 1.42 bits per heavy atom. The molecule has 1 aliphatic carbocycles. The van der Waals surface area contributed by atoms with Gasteiger partial charge >= 0.3 is 0 Å². The molecule has 6 nitrogen and oxygen atoms in total. The summed E-state index contributed by atoms with van der Waals surface area (Å²) >= 11 is 0. The molecule has 0 atom stereocenters. The highest BCUT2D eigenvalue weighted by molar-refractivity contribution is 5.79. The first-order chi connectivity index (χ1) is 9.33.